The lowest BCUT2D eigenvalue weighted by Gasteiger charge is -2.32. The van der Waals surface area contributed by atoms with Crippen LogP contribution in [-0.2, 0) is 18.2 Å². The second-order valence-corrected chi connectivity index (χ2v) is 6.86. The number of morpholine rings is 1. The Labute approximate surface area is 145 Å². The Bertz CT molecular complexity index is 698. The number of aryl methyl sites for hydroxylation is 2. The lowest BCUT2D eigenvalue weighted by Crippen LogP contribution is -2.47. The Hall–Kier alpha value is -1.93. The number of aromatic nitrogens is 3. The fraction of sp³-hybridized carbons (Fsp3) is 0.562. The van der Waals surface area contributed by atoms with Gasteiger partial charge < -0.3 is 15.0 Å². The van der Waals surface area contributed by atoms with Crippen molar-refractivity contribution in [1.82, 2.24) is 25.0 Å². The van der Waals surface area contributed by atoms with Gasteiger partial charge in [0.05, 0.1) is 18.8 Å². The Morgan fingerprint density at radius 3 is 3.00 bits per heavy atom. The fourth-order valence-corrected chi connectivity index (χ4v) is 3.64. The van der Waals surface area contributed by atoms with Crippen molar-refractivity contribution in [3.63, 3.8) is 0 Å². The quantitative estimate of drug-likeness (QED) is 0.914. The Morgan fingerprint density at radius 1 is 1.50 bits per heavy atom. The molecule has 1 atom stereocenters. The smallest absolute Gasteiger partial charge is 0.317 e. The van der Waals surface area contributed by atoms with E-state index in [9.17, 15) is 4.79 Å². The summed E-state index contributed by atoms with van der Waals surface area (Å²) >= 11 is 1.56. The number of rotatable bonds is 4. The minimum absolute atomic E-state index is 0.0425. The first kappa shape index (κ1) is 16.9. The first-order valence-electron chi connectivity index (χ1n) is 8.09. The van der Waals surface area contributed by atoms with Crippen molar-refractivity contribution in [1.29, 1.82) is 0 Å². The van der Waals surface area contributed by atoms with Crippen LogP contribution in [0.15, 0.2) is 11.6 Å². The topological polar surface area (TPSA) is 72.3 Å². The van der Waals surface area contributed by atoms with E-state index in [1.807, 2.05) is 24.0 Å². The molecular formula is C16H23N5O2S. The van der Waals surface area contributed by atoms with E-state index < -0.39 is 0 Å². The van der Waals surface area contributed by atoms with Gasteiger partial charge in [-0.25, -0.2) is 9.78 Å². The first-order chi connectivity index (χ1) is 11.6. The minimum Gasteiger partial charge on any atom is -0.367 e. The largest absolute Gasteiger partial charge is 0.367 e. The Morgan fingerprint density at radius 2 is 2.33 bits per heavy atom. The highest BCUT2D eigenvalue weighted by Gasteiger charge is 2.26. The SMILES string of the molecule is Cc1nn(C)c(C)c1CCNC(=O)N1CCO[C@H](c2nccs2)C1. The number of urea groups is 1. The Balaban J connectivity index is 1.51. The van der Waals surface area contributed by atoms with Gasteiger partial charge in [-0.3, -0.25) is 4.68 Å². The molecule has 2 amide bonds. The molecule has 8 heteroatoms. The number of amides is 2. The van der Waals surface area contributed by atoms with Crippen LogP contribution in [0, 0.1) is 13.8 Å². The van der Waals surface area contributed by atoms with Crippen LogP contribution in [0.1, 0.15) is 28.1 Å². The molecule has 2 aromatic rings. The van der Waals surface area contributed by atoms with Crippen molar-refractivity contribution >= 4 is 17.4 Å². The highest BCUT2D eigenvalue weighted by atomic mass is 32.1. The van der Waals surface area contributed by atoms with Gasteiger partial charge in [0.2, 0.25) is 0 Å². The lowest BCUT2D eigenvalue weighted by molar-refractivity contribution is -0.0154. The molecule has 1 fully saturated rings. The van der Waals surface area contributed by atoms with Gasteiger partial charge in [-0.05, 0) is 25.8 Å². The number of hydrogen-bond acceptors (Lipinski definition) is 5. The van der Waals surface area contributed by atoms with Crippen molar-refractivity contribution < 1.29 is 9.53 Å². The van der Waals surface area contributed by atoms with Gasteiger partial charge in [0, 0.05) is 37.4 Å². The van der Waals surface area contributed by atoms with Crippen LogP contribution in [0.2, 0.25) is 0 Å². The number of carbonyl (C=O) groups excluding carboxylic acids is 1. The zero-order valence-corrected chi connectivity index (χ0v) is 15.1. The van der Waals surface area contributed by atoms with Gasteiger partial charge in [0.15, 0.2) is 0 Å². The number of carbonyl (C=O) groups is 1. The molecule has 0 aromatic carbocycles. The van der Waals surface area contributed by atoms with Gasteiger partial charge >= 0.3 is 6.03 Å². The van der Waals surface area contributed by atoms with E-state index in [2.05, 4.69) is 22.3 Å². The summed E-state index contributed by atoms with van der Waals surface area (Å²) in [5.41, 5.74) is 3.39. The molecule has 0 spiro atoms. The monoisotopic (exact) mass is 349 g/mol. The molecule has 7 nitrogen and oxygen atoms in total. The van der Waals surface area contributed by atoms with E-state index in [1.54, 1.807) is 22.4 Å². The van der Waals surface area contributed by atoms with Crippen molar-refractivity contribution in [2.75, 3.05) is 26.2 Å². The van der Waals surface area contributed by atoms with Crippen LogP contribution in [0.25, 0.3) is 0 Å². The zero-order chi connectivity index (χ0) is 17.1. The van der Waals surface area contributed by atoms with Crippen LogP contribution in [0.4, 0.5) is 4.79 Å². The summed E-state index contributed by atoms with van der Waals surface area (Å²) < 4.78 is 7.61. The average molecular weight is 349 g/mol. The van der Waals surface area contributed by atoms with E-state index in [1.165, 1.54) is 5.56 Å². The molecule has 24 heavy (non-hydrogen) atoms. The number of ether oxygens (including phenoxy) is 1. The van der Waals surface area contributed by atoms with Crippen molar-refractivity contribution in [3.8, 4) is 0 Å². The molecule has 1 aliphatic heterocycles. The van der Waals surface area contributed by atoms with E-state index in [0.29, 0.717) is 26.2 Å². The van der Waals surface area contributed by atoms with Crippen LogP contribution in [-0.4, -0.2) is 51.9 Å². The summed E-state index contributed by atoms with van der Waals surface area (Å²) in [6.07, 6.45) is 2.44. The summed E-state index contributed by atoms with van der Waals surface area (Å²) in [5, 5.41) is 10.3. The van der Waals surface area contributed by atoms with Crippen molar-refractivity contribution in [2.45, 2.75) is 26.4 Å². The summed E-state index contributed by atoms with van der Waals surface area (Å²) in [7, 11) is 1.94. The molecule has 3 heterocycles. The standard InChI is InChI=1S/C16H23N5O2S/c1-11-13(12(2)20(3)19-11)4-5-18-16(22)21-7-8-23-14(10-21)15-17-6-9-24-15/h6,9,14H,4-5,7-8,10H2,1-3H3,(H,18,22)/t14-/m0/s1. The third kappa shape index (κ3) is 3.59. The molecule has 1 saturated heterocycles. The molecule has 2 aromatic heterocycles. The highest BCUT2D eigenvalue weighted by Crippen LogP contribution is 2.23. The third-order valence-electron chi connectivity index (χ3n) is 4.39. The van der Waals surface area contributed by atoms with Crippen LogP contribution in [0.3, 0.4) is 0 Å². The van der Waals surface area contributed by atoms with E-state index >= 15 is 0 Å². The Kier molecular flexibility index (Phi) is 5.15. The predicted octanol–water partition coefficient (Wildman–Crippen LogP) is 1.82. The van der Waals surface area contributed by atoms with Gasteiger partial charge in [-0.1, -0.05) is 0 Å². The second kappa shape index (κ2) is 7.31. The first-order valence-corrected chi connectivity index (χ1v) is 8.97. The summed E-state index contributed by atoms with van der Waals surface area (Å²) in [6, 6.07) is -0.0425. The molecule has 130 valence electrons. The minimum atomic E-state index is -0.118. The number of nitrogens with zero attached hydrogens (tertiary/aromatic N) is 4. The van der Waals surface area contributed by atoms with Crippen molar-refractivity contribution in [3.05, 3.63) is 33.5 Å². The lowest BCUT2D eigenvalue weighted by atomic mass is 10.1. The molecule has 0 radical (unpaired) electrons. The maximum atomic E-state index is 12.4. The molecule has 0 saturated carbocycles. The fourth-order valence-electron chi connectivity index (χ4n) is 2.96. The molecule has 3 rings (SSSR count). The molecule has 1 aliphatic rings. The second-order valence-electron chi connectivity index (χ2n) is 5.93. The average Bonchev–Trinajstić information content (AvgIpc) is 3.19. The molecular weight excluding hydrogens is 326 g/mol. The normalized spacial score (nSPS) is 18.0. The third-order valence-corrected chi connectivity index (χ3v) is 5.26. The highest BCUT2D eigenvalue weighted by molar-refractivity contribution is 7.09. The van der Waals surface area contributed by atoms with E-state index in [-0.39, 0.29) is 12.1 Å². The number of thiazole rings is 1. The van der Waals surface area contributed by atoms with Crippen molar-refractivity contribution in [2.24, 2.45) is 7.05 Å². The maximum Gasteiger partial charge on any atom is 0.317 e. The van der Waals surface area contributed by atoms with Crippen LogP contribution in [0.5, 0.6) is 0 Å². The van der Waals surface area contributed by atoms with Crippen LogP contribution < -0.4 is 5.32 Å². The summed E-state index contributed by atoms with van der Waals surface area (Å²) in [6.45, 7) is 6.36. The molecule has 1 N–H and O–H groups in total. The van der Waals surface area contributed by atoms with E-state index in [0.717, 1.165) is 22.8 Å². The van der Waals surface area contributed by atoms with Gasteiger partial charge in [-0.15, -0.1) is 11.3 Å². The summed E-state index contributed by atoms with van der Waals surface area (Å²) in [4.78, 5) is 18.5. The maximum absolute atomic E-state index is 12.4. The van der Waals surface area contributed by atoms with Crippen LogP contribution >= 0.6 is 11.3 Å². The number of hydrogen-bond donors (Lipinski definition) is 1. The molecule has 0 aliphatic carbocycles. The zero-order valence-electron chi connectivity index (χ0n) is 14.3. The number of nitrogens with one attached hydrogen (secondary N) is 1. The molecule has 0 unspecified atom stereocenters. The van der Waals surface area contributed by atoms with E-state index in [4.69, 9.17) is 4.74 Å². The molecule has 0 bridgehead atoms. The van der Waals surface area contributed by atoms with Gasteiger partial charge in [-0.2, -0.15) is 5.10 Å². The summed E-state index contributed by atoms with van der Waals surface area (Å²) in [5.74, 6) is 0. The van der Waals surface area contributed by atoms with Gasteiger partial charge in [0.25, 0.3) is 0 Å². The van der Waals surface area contributed by atoms with Gasteiger partial charge in [0.1, 0.15) is 11.1 Å². The predicted molar refractivity (Wildman–Crippen MR) is 92.2 cm³/mol.